The van der Waals surface area contributed by atoms with E-state index < -0.39 is 17.4 Å². The van der Waals surface area contributed by atoms with Crippen LogP contribution in [0, 0.1) is 12.7 Å². The molecule has 0 aliphatic carbocycles. The van der Waals surface area contributed by atoms with Crippen molar-refractivity contribution in [3.05, 3.63) is 65.0 Å². The Kier molecular flexibility index (Phi) is 5.39. The summed E-state index contributed by atoms with van der Waals surface area (Å²) in [5, 5.41) is 2.82. The quantitative estimate of drug-likeness (QED) is 0.764. The molecule has 7 nitrogen and oxygen atoms in total. The van der Waals surface area contributed by atoms with Crippen LogP contribution in [-0.4, -0.2) is 53.4 Å². The van der Waals surface area contributed by atoms with Gasteiger partial charge in [0.2, 0.25) is 0 Å². The lowest BCUT2D eigenvalue weighted by atomic mass is 9.88. The zero-order valence-corrected chi connectivity index (χ0v) is 17.5. The fourth-order valence-corrected chi connectivity index (χ4v) is 4.18. The molecule has 0 unspecified atom stereocenters. The number of methoxy groups -OCH3 is 1. The summed E-state index contributed by atoms with van der Waals surface area (Å²) in [7, 11) is 1.35. The SMILES string of the molecule is COc1ccc(C(=O)N2CCC[C@]3(C2)NC(=O)N(Cc2ccc(C)cc2)C3=O)cc1F. The highest BCUT2D eigenvalue weighted by molar-refractivity contribution is 6.07. The van der Waals surface area contributed by atoms with Crippen LogP contribution in [0.15, 0.2) is 42.5 Å². The molecule has 2 aliphatic heterocycles. The molecule has 0 saturated carbocycles. The van der Waals surface area contributed by atoms with Crippen molar-refractivity contribution in [2.75, 3.05) is 20.2 Å². The summed E-state index contributed by atoms with van der Waals surface area (Å²) in [6.45, 7) is 2.61. The van der Waals surface area contributed by atoms with Crippen LogP contribution in [0.5, 0.6) is 5.75 Å². The Labute approximate surface area is 179 Å². The zero-order chi connectivity index (χ0) is 22.2. The minimum atomic E-state index is -1.15. The normalized spacial score (nSPS) is 20.9. The van der Waals surface area contributed by atoms with Gasteiger partial charge in [-0.1, -0.05) is 29.8 Å². The molecule has 1 N–H and O–H groups in total. The topological polar surface area (TPSA) is 79.0 Å². The summed E-state index contributed by atoms with van der Waals surface area (Å²) in [4.78, 5) is 41.5. The average molecular weight is 425 g/mol. The molecule has 8 heteroatoms. The van der Waals surface area contributed by atoms with Crippen molar-refractivity contribution in [2.45, 2.75) is 31.8 Å². The van der Waals surface area contributed by atoms with Gasteiger partial charge in [-0.3, -0.25) is 14.5 Å². The number of likely N-dealkylation sites (tertiary alicyclic amines) is 1. The molecule has 4 rings (SSSR count). The van der Waals surface area contributed by atoms with Crippen molar-refractivity contribution in [2.24, 2.45) is 0 Å². The number of rotatable bonds is 4. The molecule has 2 fully saturated rings. The molecule has 31 heavy (non-hydrogen) atoms. The van der Waals surface area contributed by atoms with Crippen LogP contribution in [0.1, 0.15) is 34.3 Å². The van der Waals surface area contributed by atoms with Crippen LogP contribution < -0.4 is 10.1 Å². The third kappa shape index (κ3) is 3.85. The molecule has 2 aliphatic rings. The number of imide groups is 1. The molecule has 2 aromatic rings. The van der Waals surface area contributed by atoms with Crippen molar-refractivity contribution in [1.82, 2.24) is 15.1 Å². The molecule has 1 atom stereocenters. The van der Waals surface area contributed by atoms with Gasteiger partial charge in [0.25, 0.3) is 11.8 Å². The fraction of sp³-hybridized carbons (Fsp3) is 0.348. The maximum absolute atomic E-state index is 14.1. The molecule has 162 valence electrons. The summed E-state index contributed by atoms with van der Waals surface area (Å²) in [5.41, 5.74) is 0.960. The maximum atomic E-state index is 14.1. The summed E-state index contributed by atoms with van der Waals surface area (Å²) < 4.78 is 19.0. The van der Waals surface area contributed by atoms with E-state index in [0.29, 0.717) is 19.4 Å². The number of piperidine rings is 1. The number of amides is 4. The Bertz CT molecular complexity index is 1040. The minimum Gasteiger partial charge on any atom is -0.494 e. The van der Waals surface area contributed by atoms with Crippen LogP contribution in [0.3, 0.4) is 0 Å². The van der Waals surface area contributed by atoms with Gasteiger partial charge in [-0.2, -0.15) is 0 Å². The van der Waals surface area contributed by atoms with Crippen molar-refractivity contribution in [3.8, 4) is 5.75 Å². The molecule has 0 aromatic heterocycles. The third-order valence-electron chi connectivity index (χ3n) is 5.89. The van der Waals surface area contributed by atoms with Gasteiger partial charge in [-0.05, 0) is 43.5 Å². The van der Waals surface area contributed by atoms with Crippen LogP contribution in [0.25, 0.3) is 0 Å². The van der Waals surface area contributed by atoms with E-state index in [1.165, 1.54) is 29.0 Å². The molecule has 4 amide bonds. The van der Waals surface area contributed by atoms with Crippen LogP contribution in [0.2, 0.25) is 0 Å². The lowest BCUT2D eigenvalue weighted by Gasteiger charge is -2.38. The van der Waals surface area contributed by atoms with Gasteiger partial charge in [0.05, 0.1) is 20.2 Å². The number of nitrogens with zero attached hydrogens (tertiary/aromatic N) is 2. The lowest BCUT2D eigenvalue weighted by Crippen LogP contribution is -2.59. The number of ether oxygens (including phenoxy) is 1. The lowest BCUT2D eigenvalue weighted by molar-refractivity contribution is -0.133. The molecule has 1 spiro atoms. The first-order valence-electron chi connectivity index (χ1n) is 10.2. The standard InChI is InChI=1S/C23H24FN3O4/c1-15-4-6-16(7-5-15)13-27-21(29)23(25-22(27)30)10-3-11-26(14-23)20(28)17-8-9-19(31-2)18(24)12-17/h4-9,12H,3,10-11,13-14H2,1-2H3,(H,25,30)/t23-/m1/s1. The summed E-state index contributed by atoms with van der Waals surface area (Å²) >= 11 is 0. The van der Waals surface area contributed by atoms with Gasteiger partial charge in [0.15, 0.2) is 11.6 Å². The van der Waals surface area contributed by atoms with Crippen LogP contribution in [-0.2, 0) is 11.3 Å². The highest BCUT2D eigenvalue weighted by Crippen LogP contribution is 2.30. The van der Waals surface area contributed by atoms with Gasteiger partial charge < -0.3 is 15.0 Å². The largest absolute Gasteiger partial charge is 0.494 e. The smallest absolute Gasteiger partial charge is 0.325 e. The summed E-state index contributed by atoms with van der Waals surface area (Å²) in [6, 6.07) is 11.2. The molecule has 0 radical (unpaired) electrons. The first kappa shape index (κ1) is 20.8. The number of benzene rings is 2. The van der Waals surface area contributed by atoms with Crippen LogP contribution >= 0.6 is 0 Å². The Hall–Kier alpha value is -3.42. The van der Waals surface area contributed by atoms with Gasteiger partial charge in [-0.15, -0.1) is 0 Å². The number of carbonyl (C=O) groups is 3. The Balaban J connectivity index is 1.52. The second-order valence-corrected chi connectivity index (χ2v) is 8.07. The van der Waals surface area contributed by atoms with E-state index in [2.05, 4.69) is 5.32 Å². The monoisotopic (exact) mass is 425 g/mol. The number of hydrogen-bond donors (Lipinski definition) is 1. The highest BCUT2D eigenvalue weighted by atomic mass is 19.1. The van der Waals surface area contributed by atoms with Gasteiger partial charge in [0.1, 0.15) is 5.54 Å². The van der Waals surface area contributed by atoms with E-state index in [1.807, 2.05) is 31.2 Å². The fourth-order valence-electron chi connectivity index (χ4n) is 4.18. The van der Waals surface area contributed by atoms with E-state index in [0.717, 1.165) is 17.2 Å². The predicted molar refractivity (Wildman–Crippen MR) is 111 cm³/mol. The molecular weight excluding hydrogens is 401 g/mol. The van der Waals surface area contributed by atoms with E-state index in [9.17, 15) is 18.8 Å². The van der Waals surface area contributed by atoms with Crippen LogP contribution in [0.4, 0.5) is 9.18 Å². The van der Waals surface area contributed by atoms with E-state index >= 15 is 0 Å². The van der Waals surface area contributed by atoms with E-state index in [-0.39, 0.29) is 36.2 Å². The third-order valence-corrected chi connectivity index (χ3v) is 5.89. The first-order chi connectivity index (χ1) is 14.8. The van der Waals surface area contributed by atoms with E-state index in [4.69, 9.17) is 4.74 Å². The highest BCUT2D eigenvalue weighted by Gasteiger charge is 2.53. The maximum Gasteiger partial charge on any atom is 0.325 e. The number of urea groups is 1. The first-order valence-corrected chi connectivity index (χ1v) is 10.2. The minimum absolute atomic E-state index is 0.0501. The Morgan fingerprint density at radius 2 is 1.94 bits per heavy atom. The van der Waals surface area contributed by atoms with Crippen molar-refractivity contribution in [3.63, 3.8) is 0 Å². The second kappa shape index (κ2) is 8.02. The van der Waals surface area contributed by atoms with Gasteiger partial charge in [0, 0.05) is 12.1 Å². The number of aryl methyl sites for hydroxylation is 1. The van der Waals surface area contributed by atoms with Crippen molar-refractivity contribution in [1.29, 1.82) is 0 Å². The molecule has 0 bridgehead atoms. The number of halogens is 1. The zero-order valence-electron chi connectivity index (χ0n) is 17.5. The number of carbonyl (C=O) groups excluding carboxylic acids is 3. The molecule has 2 aromatic carbocycles. The number of hydrogen-bond acceptors (Lipinski definition) is 4. The summed E-state index contributed by atoms with van der Waals surface area (Å²) in [5.74, 6) is -1.30. The predicted octanol–water partition coefficient (Wildman–Crippen LogP) is 2.87. The molecule has 2 heterocycles. The van der Waals surface area contributed by atoms with Gasteiger partial charge >= 0.3 is 6.03 Å². The van der Waals surface area contributed by atoms with Crippen molar-refractivity contribution < 1.29 is 23.5 Å². The summed E-state index contributed by atoms with van der Waals surface area (Å²) in [6.07, 6.45) is 0.998. The molecule has 2 saturated heterocycles. The Morgan fingerprint density at radius 1 is 1.19 bits per heavy atom. The molecular formula is C23H24FN3O4. The number of nitrogens with one attached hydrogen (secondary N) is 1. The van der Waals surface area contributed by atoms with Crippen molar-refractivity contribution >= 4 is 17.8 Å². The second-order valence-electron chi connectivity index (χ2n) is 8.07. The van der Waals surface area contributed by atoms with E-state index in [1.54, 1.807) is 0 Å². The Morgan fingerprint density at radius 3 is 2.61 bits per heavy atom. The van der Waals surface area contributed by atoms with Gasteiger partial charge in [-0.25, -0.2) is 9.18 Å². The average Bonchev–Trinajstić information content (AvgIpc) is 2.98.